The summed E-state index contributed by atoms with van der Waals surface area (Å²) in [5.74, 6) is -0.939. The maximum absolute atomic E-state index is 13.2. The number of nitrogens with one attached hydrogen (secondary N) is 1. The van der Waals surface area contributed by atoms with Gasteiger partial charge in [-0.05, 0) is 50.5 Å². The van der Waals surface area contributed by atoms with Gasteiger partial charge in [0, 0.05) is 54.9 Å². The zero-order chi connectivity index (χ0) is 26.6. The highest BCUT2D eigenvalue weighted by Gasteiger charge is 2.47. The molecule has 0 radical (unpaired) electrons. The number of rotatable bonds is 4. The number of amides is 2. The molecule has 0 aromatic carbocycles. The van der Waals surface area contributed by atoms with Crippen molar-refractivity contribution < 1.29 is 22.7 Å². The lowest BCUT2D eigenvalue weighted by Crippen LogP contribution is -2.48. The molecule has 5 heterocycles. The minimum absolute atomic E-state index is 0.204. The third-order valence-electron chi connectivity index (χ3n) is 7.03. The van der Waals surface area contributed by atoms with E-state index in [-0.39, 0.29) is 17.3 Å². The molecule has 0 unspecified atom stereocenters. The van der Waals surface area contributed by atoms with Crippen LogP contribution in [0.5, 0.6) is 5.75 Å². The maximum Gasteiger partial charge on any atom is 0.573 e. The van der Waals surface area contributed by atoms with Crippen molar-refractivity contribution in [3.05, 3.63) is 53.1 Å². The number of carbonyl (C=O) groups is 1. The van der Waals surface area contributed by atoms with Gasteiger partial charge in [0.2, 0.25) is 0 Å². The fraction of sp³-hybridized carbons (Fsp3) is 0.417. The first kappa shape index (κ1) is 25.1. The summed E-state index contributed by atoms with van der Waals surface area (Å²) < 4.78 is 44.1. The van der Waals surface area contributed by atoms with Crippen molar-refractivity contribution in [1.82, 2.24) is 30.0 Å². The molecule has 3 aromatic heterocycles. The Morgan fingerprint density at radius 1 is 1.22 bits per heavy atom. The van der Waals surface area contributed by atoms with E-state index in [1.165, 1.54) is 12.3 Å². The zero-order valence-corrected chi connectivity index (χ0v) is 20.9. The molecule has 37 heavy (non-hydrogen) atoms. The van der Waals surface area contributed by atoms with Crippen molar-refractivity contribution in [3.8, 4) is 17.0 Å². The summed E-state index contributed by atoms with van der Waals surface area (Å²) in [7, 11) is 0. The Bertz CT molecular complexity index is 1360. The number of ether oxygens (including phenoxy) is 1. The van der Waals surface area contributed by atoms with Crippen LogP contribution in [0.25, 0.3) is 11.3 Å². The lowest BCUT2D eigenvalue weighted by Gasteiger charge is -2.31. The summed E-state index contributed by atoms with van der Waals surface area (Å²) >= 11 is 6.30. The standard InChI is InChI=1S/C24H25ClF3N7O2/c1-22(2,15-3-6-30-12-16(15)25)32-21(36)34-7-4-23(13-34)5-8-35-19(23)10-17(33-35)14-9-18(20(29)31-11-14)37-24(26,27)28/h3,6,9-12H,4-5,7-8,13H2,1-2H3,(H2,29,31)(H,32,36)/t23-/m1/s1. The van der Waals surface area contributed by atoms with Crippen molar-refractivity contribution >= 4 is 23.4 Å². The third-order valence-corrected chi connectivity index (χ3v) is 7.34. The van der Waals surface area contributed by atoms with Gasteiger partial charge in [-0.1, -0.05) is 11.6 Å². The van der Waals surface area contributed by atoms with E-state index < -0.39 is 17.7 Å². The number of hydrogen-bond acceptors (Lipinski definition) is 6. The number of urea groups is 1. The average Bonchev–Trinajstić information content (AvgIpc) is 3.51. The number of nitrogens with zero attached hydrogens (tertiary/aromatic N) is 5. The van der Waals surface area contributed by atoms with Gasteiger partial charge in [0.25, 0.3) is 0 Å². The van der Waals surface area contributed by atoms with E-state index in [9.17, 15) is 18.0 Å². The predicted octanol–water partition coefficient (Wildman–Crippen LogP) is 4.47. The quantitative estimate of drug-likeness (QED) is 0.510. The number of aryl methyl sites for hydroxylation is 1. The predicted molar refractivity (Wildman–Crippen MR) is 130 cm³/mol. The number of halogens is 4. The van der Waals surface area contributed by atoms with E-state index in [1.54, 1.807) is 23.4 Å². The molecule has 1 spiro atoms. The minimum atomic E-state index is -4.89. The van der Waals surface area contributed by atoms with Crippen molar-refractivity contribution in [2.45, 2.75) is 50.6 Å². The second kappa shape index (κ2) is 8.79. The molecular weight excluding hydrogens is 511 g/mol. The van der Waals surface area contributed by atoms with Crippen LogP contribution < -0.4 is 15.8 Å². The number of carbonyl (C=O) groups excluding carboxylic acids is 1. The number of nitrogens with two attached hydrogens (primary N) is 1. The molecule has 2 aliphatic rings. The minimum Gasteiger partial charge on any atom is -0.402 e. The molecule has 3 aromatic rings. The van der Waals surface area contributed by atoms with Crippen molar-refractivity contribution in [1.29, 1.82) is 0 Å². The van der Waals surface area contributed by atoms with E-state index in [1.807, 2.05) is 24.6 Å². The van der Waals surface area contributed by atoms with Crippen LogP contribution in [0, 0.1) is 0 Å². The van der Waals surface area contributed by atoms with E-state index >= 15 is 0 Å². The van der Waals surface area contributed by atoms with Gasteiger partial charge >= 0.3 is 12.4 Å². The molecule has 0 aliphatic carbocycles. The summed E-state index contributed by atoms with van der Waals surface area (Å²) in [6, 6.07) is 4.60. The van der Waals surface area contributed by atoms with Gasteiger partial charge in [0.1, 0.15) is 0 Å². The fourth-order valence-corrected chi connectivity index (χ4v) is 5.52. The van der Waals surface area contributed by atoms with Gasteiger partial charge in [-0.2, -0.15) is 5.10 Å². The van der Waals surface area contributed by atoms with Gasteiger partial charge in [0.05, 0.1) is 16.3 Å². The number of nitrogen functional groups attached to an aromatic ring is 1. The normalized spacial score (nSPS) is 19.4. The molecule has 13 heteroatoms. The Labute approximate surface area is 215 Å². The maximum atomic E-state index is 13.2. The highest BCUT2D eigenvalue weighted by molar-refractivity contribution is 6.31. The summed E-state index contributed by atoms with van der Waals surface area (Å²) in [4.78, 5) is 22.8. The fourth-order valence-electron chi connectivity index (χ4n) is 5.16. The van der Waals surface area contributed by atoms with Crippen molar-refractivity contribution in [3.63, 3.8) is 0 Å². The average molecular weight is 536 g/mol. The van der Waals surface area contributed by atoms with Crippen LogP contribution in [0.1, 0.15) is 37.9 Å². The van der Waals surface area contributed by atoms with Gasteiger partial charge < -0.3 is 20.7 Å². The first-order chi connectivity index (χ1) is 17.4. The zero-order valence-electron chi connectivity index (χ0n) is 20.1. The molecule has 1 atom stereocenters. The molecule has 2 amide bonds. The Hall–Kier alpha value is -3.54. The number of fused-ring (bicyclic) bond motifs is 2. The Balaban J connectivity index is 1.34. The van der Waals surface area contributed by atoms with Crippen LogP contribution in [0.4, 0.5) is 23.8 Å². The lowest BCUT2D eigenvalue weighted by atomic mass is 9.82. The molecule has 1 fully saturated rings. The van der Waals surface area contributed by atoms with E-state index in [0.29, 0.717) is 35.9 Å². The molecule has 3 N–H and O–H groups in total. The van der Waals surface area contributed by atoms with Gasteiger partial charge in [-0.25, -0.2) is 9.78 Å². The van der Waals surface area contributed by atoms with Crippen LogP contribution in [0.2, 0.25) is 5.02 Å². The number of pyridine rings is 2. The van der Waals surface area contributed by atoms with Gasteiger partial charge in [-0.15, -0.1) is 13.2 Å². The molecule has 0 saturated carbocycles. The Kier molecular flexibility index (Phi) is 5.97. The van der Waals surface area contributed by atoms with E-state index in [4.69, 9.17) is 17.3 Å². The number of aromatic nitrogens is 4. The summed E-state index contributed by atoms with van der Waals surface area (Å²) in [5, 5.41) is 8.13. The largest absolute Gasteiger partial charge is 0.573 e. The summed E-state index contributed by atoms with van der Waals surface area (Å²) in [6.07, 6.45) is 1.20. The van der Waals surface area contributed by atoms with Crippen LogP contribution in [0.15, 0.2) is 36.8 Å². The number of hydrogen-bond donors (Lipinski definition) is 2. The van der Waals surface area contributed by atoms with Crippen LogP contribution in [0.3, 0.4) is 0 Å². The first-order valence-electron chi connectivity index (χ1n) is 11.6. The summed E-state index contributed by atoms with van der Waals surface area (Å²) in [5.41, 5.74) is 7.07. The molecule has 2 aliphatic heterocycles. The molecule has 196 valence electrons. The lowest BCUT2D eigenvalue weighted by molar-refractivity contribution is -0.274. The smallest absolute Gasteiger partial charge is 0.402 e. The molecule has 5 rings (SSSR count). The SMILES string of the molecule is CC(C)(NC(=O)N1CC[C@@]2(CCn3nc(-c4cnc(N)c(OC(F)(F)F)c4)cc32)C1)c1ccncc1Cl. The van der Waals surface area contributed by atoms with Crippen LogP contribution in [-0.2, 0) is 17.5 Å². The molecular formula is C24H25ClF3N7O2. The first-order valence-corrected chi connectivity index (χ1v) is 12.0. The van der Waals surface area contributed by atoms with Gasteiger partial charge in [0.15, 0.2) is 11.6 Å². The molecule has 1 saturated heterocycles. The summed E-state index contributed by atoms with van der Waals surface area (Å²) in [6.45, 7) is 5.45. The molecule has 0 bridgehead atoms. The Morgan fingerprint density at radius 3 is 2.70 bits per heavy atom. The number of likely N-dealkylation sites (tertiary alicyclic amines) is 1. The third kappa shape index (κ3) is 4.77. The van der Waals surface area contributed by atoms with Crippen LogP contribution in [-0.4, -0.2) is 50.1 Å². The van der Waals surface area contributed by atoms with Crippen molar-refractivity contribution in [2.24, 2.45) is 0 Å². The number of alkyl halides is 3. The number of anilines is 1. The van der Waals surface area contributed by atoms with E-state index in [0.717, 1.165) is 24.1 Å². The van der Waals surface area contributed by atoms with Crippen LogP contribution >= 0.6 is 11.6 Å². The second-order valence-corrected chi connectivity index (χ2v) is 10.3. The highest BCUT2D eigenvalue weighted by Crippen LogP contribution is 2.44. The van der Waals surface area contributed by atoms with Crippen molar-refractivity contribution in [2.75, 3.05) is 18.8 Å². The van der Waals surface area contributed by atoms with Gasteiger partial charge in [-0.3, -0.25) is 9.67 Å². The Morgan fingerprint density at radius 2 is 1.97 bits per heavy atom. The topological polar surface area (TPSA) is 111 Å². The monoisotopic (exact) mass is 535 g/mol. The van der Waals surface area contributed by atoms with E-state index in [2.05, 4.69) is 25.1 Å². The second-order valence-electron chi connectivity index (χ2n) is 9.91. The molecule has 9 nitrogen and oxygen atoms in total. The highest BCUT2D eigenvalue weighted by atomic mass is 35.5.